The second-order valence-electron chi connectivity index (χ2n) is 7.32. The largest absolute Gasteiger partial charge is 0.325 e. The first-order valence-corrected chi connectivity index (χ1v) is 9.41. The van der Waals surface area contributed by atoms with Crippen molar-refractivity contribution in [1.82, 2.24) is 4.90 Å². The van der Waals surface area contributed by atoms with E-state index in [1.165, 1.54) is 0 Å². The lowest BCUT2D eigenvalue weighted by molar-refractivity contribution is -0.132. The highest BCUT2D eigenvalue weighted by molar-refractivity contribution is 6.47. The van der Waals surface area contributed by atoms with Gasteiger partial charge in [0.1, 0.15) is 17.9 Å². The summed E-state index contributed by atoms with van der Waals surface area (Å²) in [6.45, 7) is 2.00. The molecule has 2 aromatic rings. The van der Waals surface area contributed by atoms with Crippen LogP contribution in [0.15, 0.2) is 59.6 Å². The van der Waals surface area contributed by atoms with Crippen molar-refractivity contribution in [3.63, 3.8) is 0 Å². The quantitative estimate of drug-likeness (QED) is 0.905. The van der Waals surface area contributed by atoms with Crippen LogP contribution in [0, 0.1) is 6.92 Å². The summed E-state index contributed by atoms with van der Waals surface area (Å²) in [5, 5.41) is 2.91. The number of rotatable bonds is 4. The van der Waals surface area contributed by atoms with Crippen LogP contribution in [-0.4, -0.2) is 34.6 Å². The first kappa shape index (κ1) is 17.5. The Morgan fingerprint density at radius 2 is 1.85 bits per heavy atom. The predicted octanol–water partition coefficient (Wildman–Crippen LogP) is 3.54. The van der Waals surface area contributed by atoms with Gasteiger partial charge in [-0.05, 0) is 50.3 Å². The first-order chi connectivity index (χ1) is 13.1. The number of carbonyl (C=O) groups is 2. The number of nitrogens with zero attached hydrogens (tertiary/aromatic N) is 2. The third-order valence-corrected chi connectivity index (χ3v) is 5.33. The molecule has 2 amide bonds. The number of amides is 2. The highest BCUT2D eigenvalue weighted by Crippen LogP contribution is 2.40. The van der Waals surface area contributed by atoms with E-state index in [1.807, 2.05) is 61.5 Å². The molecule has 1 aliphatic heterocycles. The number of anilines is 1. The van der Waals surface area contributed by atoms with Crippen molar-refractivity contribution in [2.45, 2.75) is 38.3 Å². The molecule has 0 saturated heterocycles. The zero-order valence-corrected chi connectivity index (χ0v) is 15.4. The molecule has 1 fully saturated rings. The molecule has 0 aromatic heterocycles. The predicted molar refractivity (Wildman–Crippen MR) is 106 cm³/mol. The maximum Gasteiger partial charge on any atom is 0.275 e. The van der Waals surface area contributed by atoms with Gasteiger partial charge in [-0.1, -0.05) is 42.5 Å². The zero-order chi connectivity index (χ0) is 18.9. The molecule has 4 rings (SSSR count). The highest BCUT2D eigenvalue weighted by atomic mass is 16.2. The van der Waals surface area contributed by atoms with Crippen molar-refractivity contribution >= 4 is 23.2 Å². The average molecular weight is 361 g/mol. The maximum absolute atomic E-state index is 13.1. The monoisotopic (exact) mass is 361 g/mol. The van der Waals surface area contributed by atoms with Crippen molar-refractivity contribution < 1.29 is 9.59 Å². The number of nitrogens with one attached hydrogen (secondary N) is 1. The molecular weight excluding hydrogens is 338 g/mol. The van der Waals surface area contributed by atoms with Crippen LogP contribution in [0.3, 0.4) is 0 Å². The summed E-state index contributed by atoms with van der Waals surface area (Å²) in [5.74, 6) is -0.341. The lowest BCUT2D eigenvalue weighted by atomic mass is 10.1. The molecule has 1 N–H and O–H groups in total. The van der Waals surface area contributed by atoms with Crippen molar-refractivity contribution in [3.05, 3.63) is 65.7 Å². The minimum atomic E-state index is -0.563. The summed E-state index contributed by atoms with van der Waals surface area (Å²) in [6.07, 6.45) is 3.67. The minimum absolute atomic E-state index is 0.0204. The summed E-state index contributed by atoms with van der Waals surface area (Å²) < 4.78 is 0. The van der Waals surface area contributed by atoms with Crippen LogP contribution >= 0.6 is 0 Å². The Kier molecular flexibility index (Phi) is 4.52. The number of hydrogen-bond acceptors (Lipinski definition) is 3. The zero-order valence-electron chi connectivity index (χ0n) is 15.4. The Morgan fingerprint density at radius 1 is 1.11 bits per heavy atom. The summed E-state index contributed by atoms with van der Waals surface area (Å²) in [6, 6.07) is 17.2. The molecule has 0 atom stereocenters. The van der Waals surface area contributed by atoms with Gasteiger partial charge in [0.25, 0.3) is 5.91 Å². The molecule has 2 aliphatic rings. The summed E-state index contributed by atoms with van der Waals surface area (Å²) >= 11 is 0. The van der Waals surface area contributed by atoms with Gasteiger partial charge in [-0.2, -0.15) is 0 Å². The Hall–Kier alpha value is -2.95. The molecule has 1 saturated carbocycles. The number of hydrogen-bond donors (Lipinski definition) is 1. The van der Waals surface area contributed by atoms with Crippen molar-refractivity contribution in [3.8, 4) is 0 Å². The standard InChI is InChI=1S/C22H23N3O2/c1-16-8-7-11-18(14-16)23-19(26)15-25-21(27)20(17-9-3-2-4-10-17)24-22(25)12-5-6-13-22/h2-4,7-11,14H,5-6,12-13,15H2,1H3,(H,23,26). The van der Waals surface area contributed by atoms with Crippen LogP contribution in [0.1, 0.15) is 36.8 Å². The van der Waals surface area contributed by atoms with Gasteiger partial charge in [-0.25, -0.2) is 0 Å². The van der Waals surface area contributed by atoms with E-state index in [0.717, 1.165) is 42.5 Å². The summed E-state index contributed by atoms with van der Waals surface area (Å²) in [5.41, 5.74) is 2.55. The Balaban J connectivity index is 1.56. The van der Waals surface area contributed by atoms with Crippen molar-refractivity contribution in [2.75, 3.05) is 11.9 Å². The molecule has 1 heterocycles. The molecular formula is C22H23N3O2. The molecule has 0 unspecified atom stereocenters. The Morgan fingerprint density at radius 3 is 2.56 bits per heavy atom. The van der Waals surface area contributed by atoms with Gasteiger partial charge in [0.15, 0.2) is 0 Å². The van der Waals surface area contributed by atoms with Crippen LogP contribution in [0.25, 0.3) is 0 Å². The molecule has 0 radical (unpaired) electrons. The lowest BCUT2D eigenvalue weighted by Gasteiger charge is -2.32. The van der Waals surface area contributed by atoms with Gasteiger partial charge in [0.2, 0.25) is 5.91 Å². The smallest absolute Gasteiger partial charge is 0.275 e. The second-order valence-corrected chi connectivity index (χ2v) is 7.32. The molecule has 5 nitrogen and oxygen atoms in total. The third kappa shape index (κ3) is 3.37. The highest BCUT2D eigenvalue weighted by Gasteiger charge is 2.49. The van der Waals surface area contributed by atoms with Gasteiger partial charge in [-0.3, -0.25) is 14.6 Å². The third-order valence-electron chi connectivity index (χ3n) is 5.33. The maximum atomic E-state index is 13.1. The van der Waals surface area contributed by atoms with E-state index in [1.54, 1.807) is 4.90 Å². The van der Waals surface area contributed by atoms with E-state index in [9.17, 15) is 9.59 Å². The van der Waals surface area contributed by atoms with Crippen LogP contribution in [0.2, 0.25) is 0 Å². The second kappa shape index (κ2) is 6.99. The van der Waals surface area contributed by atoms with Crippen LogP contribution < -0.4 is 5.32 Å². The number of benzene rings is 2. The topological polar surface area (TPSA) is 61.8 Å². The van der Waals surface area contributed by atoms with Crippen LogP contribution in [0.4, 0.5) is 5.69 Å². The fraction of sp³-hybridized carbons (Fsp3) is 0.318. The van der Waals surface area contributed by atoms with Crippen molar-refractivity contribution in [1.29, 1.82) is 0 Å². The van der Waals surface area contributed by atoms with Gasteiger partial charge in [-0.15, -0.1) is 0 Å². The normalized spacial score (nSPS) is 18.0. The van der Waals surface area contributed by atoms with Gasteiger partial charge in [0.05, 0.1) is 0 Å². The Bertz CT molecular complexity index is 899. The minimum Gasteiger partial charge on any atom is -0.325 e. The van der Waals surface area contributed by atoms with Crippen molar-refractivity contribution in [2.24, 2.45) is 4.99 Å². The molecule has 2 aromatic carbocycles. The van der Waals surface area contributed by atoms with E-state index >= 15 is 0 Å². The molecule has 1 spiro atoms. The van der Waals surface area contributed by atoms with Crippen LogP contribution in [-0.2, 0) is 9.59 Å². The van der Waals surface area contributed by atoms with E-state index in [-0.39, 0.29) is 18.4 Å². The Labute approximate surface area is 159 Å². The fourth-order valence-electron chi connectivity index (χ4n) is 4.03. The molecule has 5 heteroatoms. The first-order valence-electron chi connectivity index (χ1n) is 9.41. The van der Waals surface area contributed by atoms with E-state index in [4.69, 9.17) is 4.99 Å². The van der Waals surface area contributed by atoms with E-state index in [0.29, 0.717) is 5.71 Å². The van der Waals surface area contributed by atoms with E-state index < -0.39 is 5.66 Å². The van der Waals surface area contributed by atoms with Gasteiger partial charge >= 0.3 is 0 Å². The number of aliphatic imine (C=N–C) groups is 1. The molecule has 0 bridgehead atoms. The average Bonchev–Trinajstić information content (AvgIpc) is 3.23. The van der Waals surface area contributed by atoms with Gasteiger partial charge < -0.3 is 10.2 Å². The SMILES string of the molecule is Cc1cccc(NC(=O)CN2C(=O)C(c3ccccc3)=NC23CCCC3)c1. The lowest BCUT2D eigenvalue weighted by Crippen LogP contribution is -2.48. The van der Waals surface area contributed by atoms with Gasteiger partial charge in [0, 0.05) is 11.3 Å². The fourth-order valence-corrected chi connectivity index (χ4v) is 4.03. The number of carbonyl (C=O) groups excluding carboxylic acids is 2. The molecule has 27 heavy (non-hydrogen) atoms. The van der Waals surface area contributed by atoms with Crippen LogP contribution in [0.5, 0.6) is 0 Å². The molecule has 138 valence electrons. The summed E-state index contributed by atoms with van der Waals surface area (Å²) in [7, 11) is 0. The van der Waals surface area contributed by atoms with E-state index in [2.05, 4.69) is 5.32 Å². The number of aryl methyl sites for hydroxylation is 1. The molecule has 1 aliphatic carbocycles. The summed E-state index contributed by atoms with van der Waals surface area (Å²) in [4.78, 5) is 32.3.